The second-order valence-corrected chi connectivity index (χ2v) is 15.5. The van der Waals surface area contributed by atoms with Crippen LogP contribution >= 0.6 is 0 Å². The Morgan fingerprint density at radius 1 is 0.695 bits per heavy atom. The molecule has 1 aromatic carbocycles. The van der Waals surface area contributed by atoms with Gasteiger partial charge in [0.15, 0.2) is 0 Å². The van der Waals surface area contributed by atoms with Crippen LogP contribution in [0.25, 0.3) is 5.57 Å². The van der Waals surface area contributed by atoms with E-state index in [4.69, 9.17) is 9.47 Å². The van der Waals surface area contributed by atoms with Gasteiger partial charge in [0.05, 0.1) is 12.7 Å². The molecule has 1 saturated heterocycles. The minimum absolute atomic E-state index is 0.273. The van der Waals surface area contributed by atoms with E-state index in [2.05, 4.69) is 78.4 Å². The molecule has 59 heavy (non-hydrogen) atoms. The molecule has 342 valence electrons. The molecule has 1 aliphatic heterocycles. The van der Waals surface area contributed by atoms with E-state index in [1.807, 2.05) is 69.2 Å². The van der Waals surface area contributed by atoms with Gasteiger partial charge >= 0.3 is 0 Å². The molecule has 0 radical (unpaired) electrons. The molecule has 1 aromatic rings. The highest BCUT2D eigenvalue weighted by Crippen LogP contribution is 2.48. The first-order valence-electron chi connectivity index (χ1n) is 25.7. The molecule has 1 fully saturated rings. The smallest absolute Gasteiger partial charge is 0.115 e. The molecule has 1 heterocycles. The number of likely N-dealkylation sites (tertiary alicyclic amines) is 1. The van der Waals surface area contributed by atoms with Crippen molar-refractivity contribution in [2.24, 2.45) is 11.8 Å². The molecule has 0 aromatic heterocycles. The molecule has 5 rings (SSSR count). The number of rotatable bonds is 17. The standard InChI is InChI=1S/C45H70N2O2.5C2H6/c1-3-4-5-13-30-46(2)31-18-35-49-42-26-17-27-43-40(37-42)28-29-44(38-20-9-8-10-21-38)45(43)39-22-11-12-24-41(25-16-23-39)48-36-19-34-47-32-14-6-7-15-33-47;5*1-2/h8-10,16,20-21,25-26,37,39,41,43H,3-7,11-15,17-19,22-24,27-36H2,1-2H3;5*1-2H3/b25-16-;;;;;. The summed E-state index contributed by atoms with van der Waals surface area (Å²) in [5, 5.41) is 0. The van der Waals surface area contributed by atoms with E-state index in [1.54, 1.807) is 16.7 Å². The lowest BCUT2D eigenvalue weighted by atomic mass is 9.69. The molecule has 3 atom stereocenters. The zero-order valence-electron chi connectivity index (χ0n) is 41.5. The average molecular weight is 821 g/mol. The van der Waals surface area contributed by atoms with Crippen molar-refractivity contribution in [3.8, 4) is 0 Å². The molecule has 3 unspecified atom stereocenters. The van der Waals surface area contributed by atoms with Crippen molar-refractivity contribution < 1.29 is 9.47 Å². The van der Waals surface area contributed by atoms with Gasteiger partial charge in [-0.15, -0.1) is 0 Å². The fourth-order valence-corrected chi connectivity index (χ4v) is 8.82. The number of fused-ring (bicyclic) bond motifs is 1. The van der Waals surface area contributed by atoms with Crippen LogP contribution in [0, 0.1) is 11.8 Å². The minimum atomic E-state index is 0.273. The third kappa shape index (κ3) is 23.6. The minimum Gasteiger partial charge on any atom is -0.494 e. The Labute approximate surface area is 369 Å². The summed E-state index contributed by atoms with van der Waals surface area (Å²) in [4.78, 5) is 5.15. The fraction of sp³-hybridized carbons (Fsp3) is 0.745. The zero-order valence-corrected chi connectivity index (χ0v) is 41.5. The summed E-state index contributed by atoms with van der Waals surface area (Å²) in [6.45, 7) is 30.1. The highest BCUT2D eigenvalue weighted by molar-refractivity contribution is 5.72. The second kappa shape index (κ2) is 40.0. The van der Waals surface area contributed by atoms with Crippen LogP contribution < -0.4 is 0 Å². The lowest BCUT2D eigenvalue weighted by molar-refractivity contribution is 0.0698. The van der Waals surface area contributed by atoms with E-state index in [9.17, 15) is 0 Å². The van der Waals surface area contributed by atoms with Crippen molar-refractivity contribution in [3.63, 3.8) is 0 Å². The average Bonchev–Trinajstić information content (AvgIpc) is 3.65. The number of hydrogen-bond donors (Lipinski definition) is 0. The van der Waals surface area contributed by atoms with Crippen LogP contribution in [0.4, 0.5) is 0 Å². The number of nitrogens with zero attached hydrogens (tertiary/aromatic N) is 2. The summed E-state index contributed by atoms with van der Waals surface area (Å²) in [6, 6.07) is 11.3. The molecule has 0 amide bonds. The first-order valence-corrected chi connectivity index (χ1v) is 25.7. The van der Waals surface area contributed by atoms with Gasteiger partial charge < -0.3 is 19.3 Å². The molecule has 4 heteroatoms. The van der Waals surface area contributed by atoms with Gasteiger partial charge in [-0.1, -0.05) is 175 Å². The van der Waals surface area contributed by atoms with E-state index in [0.717, 1.165) is 70.5 Å². The largest absolute Gasteiger partial charge is 0.494 e. The first-order chi connectivity index (χ1) is 29.2. The second-order valence-electron chi connectivity index (χ2n) is 15.5. The molecule has 0 spiro atoms. The third-order valence-electron chi connectivity index (χ3n) is 11.6. The van der Waals surface area contributed by atoms with Crippen molar-refractivity contribution in [1.29, 1.82) is 0 Å². The van der Waals surface area contributed by atoms with Gasteiger partial charge in [0.25, 0.3) is 0 Å². The van der Waals surface area contributed by atoms with E-state index >= 15 is 0 Å². The van der Waals surface area contributed by atoms with Gasteiger partial charge in [0.2, 0.25) is 0 Å². The van der Waals surface area contributed by atoms with Gasteiger partial charge in [-0.3, -0.25) is 0 Å². The molecule has 0 bridgehead atoms. The van der Waals surface area contributed by atoms with Crippen molar-refractivity contribution >= 4 is 5.57 Å². The van der Waals surface area contributed by atoms with Crippen molar-refractivity contribution in [2.45, 2.75) is 204 Å². The Bertz CT molecular complexity index is 1190. The quantitative estimate of drug-likeness (QED) is 0.115. The lowest BCUT2D eigenvalue weighted by Crippen LogP contribution is -2.27. The van der Waals surface area contributed by atoms with Gasteiger partial charge in [0.1, 0.15) is 5.76 Å². The molecular formula is C55H100N2O2. The molecule has 0 saturated carbocycles. The number of ether oxygens (including phenoxy) is 2. The number of hydrogen-bond acceptors (Lipinski definition) is 4. The zero-order chi connectivity index (χ0) is 43.9. The topological polar surface area (TPSA) is 24.9 Å². The Kier molecular flexibility index (Phi) is 38.5. The van der Waals surface area contributed by atoms with E-state index in [1.165, 1.54) is 109 Å². The third-order valence-corrected chi connectivity index (χ3v) is 11.6. The van der Waals surface area contributed by atoms with Crippen LogP contribution in [0.1, 0.15) is 204 Å². The predicted octanol–water partition coefficient (Wildman–Crippen LogP) is 16.3. The summed E-state index contributed by atoms with van der Waals surface area (Å²) in [5.41, 5.74) is 6.43. The highest BCUT2D eigenvalue weighted by atomic mass is 16.5. The van der Waals surface area contributed by atoms with Crippen LogP contribution in [-0.2, 0) is 9.47 Å². The van der Waals surface area contributed by atoms with Crippen LogP contribution in [0.2, 0.25) is 0 Å². The lowest BCUT2D eigenvalue weighted by Gasteiger charge is -2.36. The molecule has 3 aliphatic carbocycles. The van der Waals surface area contributed by atoms with Gasteiger partial charge in [0, 0.05) is 25.6 Å². The molecule has 4 aliphatic rings. The van der Waals surface area contributed by atoms with Crippen LogP contribution in [0.15, 0.2) is 71.5 Å². The first kappa shape index (κ1) is 56.9. The van der Waals surface area contributed by atoms with Crippen molar-refractivity contribution in [3.05, 3.63) is 77.1 Å². The highest BCUT2D eigenvalue weighted by Gasteiger charge is 2.33. The van der Waals surface area contributed by atoms with Crippen LogP contribution in [0.3, 0.4) is 0 Å². The summed E-state index contributed by atoms with van der Waals surface area (Å²) in [5.74, 6) is 2.24. The summed E-state index contributed by atoms with van der Waals surface area (Å²) >= 11 is 0. The SMILES string of the molecule is CC.CC.CC.CC.CC.CCCCCCN(C)CCCOC1=CCCC2C(=C1)CCC(c1ccccc1)=C2C1C/C=C\C(OCCCN2CCCCCC2)CCCC1. The van der Waals surface area contributed by atoms with Crippen LogP contribution in [-0.4, -0.2) is 68.9 Å². The fourth-order valence-electron chi connectivity index (χ4n) is 8.82. The maximum Gasteiger partial charge on any atom is 0.115 e. The maximum atomic E-state index is 6.50. The summed E-state index contributed by atoms with van der Waals surface area (Å²) in [6.07, 6.45) is 33.9. The normalized spacial score (nSPS) is 21.2. The van der Waals surface area contributed by atoms with Gasteiger partial charge in [-0.05, 0) is 133 Å². The van der Waals surface area contributed by atoms with Crippen molar-refractivity contribution in [2.75, 3.05) is 53.0 Å². The van der Waals surface area contributed by atoms with E-state index < -0.39 is 0 Å². The predicted molar refractivity (Wildman–Crippen MR) is 265 cm³/mol. The monoisotopic (exact) mass is 821 g/mol. The van der Waals surface area contributed by atoms with Crippen molar-refractivity contribution in [1.82, 2.24) is 9.80 Å². The number of unbranched alkanes of at least 4 members (excludes halogenated alkanes) is 3. The van der Waals surface area contributed by atoms with Gasteiger partial charge in [-0.25, -0.2) is 0 Å². The van der Waals surface area contributed by atoms with E-state index in [0.29, 0.717) is 11.8 Å². The summed E-state index contributed by atoms with van der Waals surface area (Å²) < 4.78 is 13.0. The Morgan fingerprint density at radius 3 is 2.07 bits per heavy atom. The molecular weight excluding hydrogens is 721 g/mol. The van der Waals surface area contributed by atoms with E-state index in [-0.39, 0.29) is 6.10 Å². The number of allylic oxidation sites excluding steroid dienone is 6. The summed E-state index contributed by atoms with van der Waals surface area (Å²) in [7, 11) is 2.27. The van der Waals surface area contributed by atoms with Gasteiger partial charge in [-0.2, -0.15) is 0 Å². The molecule has 4 nitrogen and oxygen atoms in total. The van der Waals surface area contributed by atoms with Crippen LogP contribution in [0.5, 0.6) is 0 Å². The molecule has 0 N–H and O–H groups in total. The Morgan fingerprint density at radius 2 is 1.37 bits per heavy atom. The Hall–Kier alpha value is -2.14. The Balaban J connectivity index is 0.00000312. The maximum absolute atomic E-state index is 6.50. The number of benzene rings is 1.